The summed E-state index contributed by atoms with van der Waals surface area (Å²) in [7, 11) is 0. The molecule has 5 rings (SSSR count). The van der Waals surface area contributed by atoms with Gasteiger partial charge in [-0.3, -0.25) is 4.68 Å². The monoisotopic (exact) mass is 493 g/mol. The number of hydrogen-bond donors (Lipinski definition) is 3. The predicted molar refractivity (Wildman–Crippen MR) is 139 cm³/mol. The van der Waals surface area contributed by atoms with E-state index in [0.717, 1.165) is 36.3 Å². The van der Waals surface area contributed by atoms with E-state index in [9.17, 15) is 0 Å². The van der Waals surface area contributed by atoms with Crippen LogP contribution in [-0.2, 0) is 13.0 Å². The summed E-state index contributed by atoms with van der Waals surface area (Å²) in [6, 6.07) is 12.0. The van der Waals surface area contributed by atoms with E-state index in [1.54, 1.807) is 24.4 Å². The molecular formula is C25H25Cl2N7. The van der Waals surface area contributed by atoms with Crippen molar-refractivity contribution < 1.29 is 0 Å². The third-order valence-corrected chi connectivity index (χ3v) is 6.14. The molecule has 7 nitrogen and oxygen atoms in total. The Morgan fingerprint density at radius 3 is 2.56 bits per heavy atom. The fourth-order valence-corrected chi connectivity index (χ4v) is 4.48. The van der Waals surface area contributed by atoms with E-state index in [2.05, 4.69) is 58.1 Å². The van der Waals surface area contributed by atoms with Gasteiger partial charge in [-0.15, -0.1) is 0 Å². The van der Waals surface area contributed by atoms with E-state index in [-0.39, 0.29) is 6.04 Å². The molecule has 1 aliphatic rings. The van der Waals surface area contributed by atoms with Crippen molar-refractivity contribution in [2.24, 2.45) is 0 Å². The summed E-state index contributed by atoms with van der Waals surface area (Å²) < 4.78 is 1.92. The first-order valence-corrected chi connectivity index (χ1v) is 11.9. The van der Waals surface area contributed by atoms with Crippen LogP contribution in [0, 0.1) is 0 Å². The van der Waals surface area contributed by atoms with E-state index in [4.69, 9.17) is 28.2 Å². The first kappa shape index (κ1) is 22.7. The molecule has 0 radical (unpaired) electrons. The van der Waals surface area contributed by atoms with Gasteiger partial charge in [-0.25, -0.2) is 4.98 Å². The first-order valence-electron chi connectivity index (χ1n) is 11.2. The highest BCUT2D eigenvalue weighted by Gasteiger charge is 2.15. The van der Waals surface area contributed by atoms with Gasteiger partial charge in [0.05, 0.1) is 6.20 Å². The van der Waals surface area contributed by atoms with Crippen molar-refractivity contribution in [3.05, 3.63) is 76.2 Å². The highest BCUT2D eigenvalue weighted by Crippen LogP contribution is 2.32. The molecule has 0 atom stereocenters. The van der Waals surface area contributed by atoms with Crippen molar-refractivity contribution in [1.82, 2.24) is 25.1 Å². The highest BCUT2D eigenvalue weighted by atomic mass is 35.5. The lowest BCUT2D eigenvalue weighted by molar-refractivity contribution is 0.532. The molecule has 0 fully saturated rings. The largest absolute Gasteiger partial charge is 0.340 e. The Bertz CT molecular complexity index is 1310. The molecule has 34 heavy (non-hydrogen) atoms. The van der Waals surface area contributed by atoms with Crippen LogP contribution in [0.2, 0.25) is 10.0 Å². The minimum Gasteiger partial charge on any atom is -0.340 e. The molecule has 0 unspecified atom stereocenters. The standard InChI is InChI=1S/C25H25Cl2N7/c1-15(2)34-14-18(12-30-34)23-13-29-25(32-22-9-19(26)8-20(27)10-22)33-24(23)31-21-4-3-16-5-6-28-11-17(16)7-21/h3-4,7-10,12-15,28H,5-6,11H2,1-2H3,(H2,29,31,32,33). The fraction of sp³-hybridized carbons (Fsp3) is 0.240. The van der Waals surface area contributed by atoms with E-state index >= 15 is 0 Å². The van der Waals surface area contributed by atoms with Crippen LogP contribution in [0.5, 0.6) is 0 Å². The second kappa shape index (κ2) is 9.62. The maximum absolute atomic E-state index is 6.15. The Morgan fingerprint density at radius 2 is 1.79 bits per heavy atom. The topological polar surface area (TPSA) is 79.7 Å². The van der Waals surface area contributed by atoms with Crippen molar-refractivity contribution in [2.45, 2.75) is 32.9 Å². The van der Waals surface area contributed by atoms with Crippen molar-refractivity contribution in [1.29, 1.82) is 0 Å². The maximum atomic E-state index is 6.15. The van der Waals surface area contributed by atoms with Gasteiger partial charge < -0.3 is 16.0 Å². The molecule has 0 amide bonds. The first-order chi connectivity index (χ1) is 16.4. The minimum absolute atomic E-state index is 0.257. The molecule has 174 valence electrons. The summed E-state index contributed by atoms with van der Waals surface area (Å²) in [5.74, 6) is 1.11. The maximum Gasteiger partial charge on any atom is 0.229 e. The Balaban J connectivity index is 1.51. The van der Waals surface area contributed by atoms with Crippen molar-refractivity contribution in [3.8, 4) is 11.1 Å². The van der Waals surface area contributed by atoms with Gasteiger partial charge in [0, 0.05) is 57.5 Å². The zero-order valence-corrected chi connectivity index (χ0v) is 20.5. The molecule has 2 aromatic heterocycles. The van der Waals surface area contributed by atoms with Crippen LogP contribution in [0.1, 0.15) is 31.0 Å². The number of anilines is 4. The molecule has 0 saturated heterocycles. The van der Waals surface area contributed by atoms with Gasteiger partial charge >= 0.3 is 0 Å². The average Bonchev–Trinajstić information content (AvgIpc) is 3.29. The third-order valence-electron chi connectivity index (χ3n) is 5.70. The number of hydrogen-bond acceptors (Lipinski definition) is 6. The van der Waals surface area contributed by atoms with Crippen LogP contribution >= 0.6 is 23.2 Å². The van der Waals surface area contributed by atoms with Gasteiger partial charge in [-0.05, 0) is 68.3 Å². The number of aromatic nitrogens is 4. The number of halogens is 2. The summed E-state index contributed by atoms with van der Waals surface area (Å²) in [6.45, 7) is 6.07. The molecule has 4 aromatic rings. The summed E-state index contributed by atoms with van der Waals surface area (Å²) >= 11 is 12.3. The van der Waals surface area contributed by atoms with Crippen LogP contribution in [0.25, 0.3) is 11.1 Å². The van der Waals surface area contributed by atoms with Gasteiger partial charge in [0.15, 0.2) is 0 Å². The fourth-order valence-electron chi connectivity index (χ4n) is 3.96. The van der Waals surface area contributed by atoms with Crippen LogP contribution in [-0.4, -0.2) is 26.3 Å². The van der Waals surface area contributed by atoms with Gasteiger partial charge in [0.1, 0.15) is 5.82 Å². The second-order valence-electron chi connectivity index (χ2n) is 8.58. The molecule has 0 bridgehead atoms. The van der Waals surface area contributed by atoms with Crippen LogP contribution < -0.4 is 16.0 Å². The molecule has 1 aliphatic heterocycles. The van der Waals surface area contributed by atoms with Crippen LogP contribution in [0.4, 0.5) is 23.1 Å². The SMILES string of the molecule is CC(C)n1cc(-c2cnc(Nc3cc(Cl)cc(Cl)c3)nc2Nc2ccc3c(c2)CNCC3)cn1. The van der Waals surface area contributed by atoms with Gasteiger partial charge in [0.2, 0.25) is 5.95 Å². The minimum atomic E-state index is 0.257. The lowest BCUT2D eigenvalue weighted by atomic mass is 10.0. The Morgan fingerprint density at radius 1 is 0.971 bits per heavy atom. The molecule has 3 heterocycles. The van der Waals surface area contributed by atoms with Crippen molar-refractivity contribution >= 4 is 46.3 Å². The molecule has 2 aromatic carbocycles. The number of benzene rings is 2. The van der Waals surface area contributed by atoms with Gasteiger partial charge in [-0.2, -0.15) is 10.1 Å². The molecule has 0 saturated carbocycles. The van der Waals surface area contributed by atoms with Gasteiger partial charge in [0.25, 0.3) is 0 Å². The second-order valence-corrected chi connectivity index (χ2v) is 9.45. The molecule has 0 aliphatic carbocycles. The van der Waals surface area contributed by atoms with E-state index in [1.807, 2.05) is 17.1 Å². The normalized spacial score (nSPS) is 13.1. The van der Waals surface area contributed by atoms with Crippen LogP contribution in [0.15, 0.2) is 55.0 Å². The quantitative estimate of drug-likeness (QED) is 0.290. The molecule has 3 N–H and O–H groups in total. The zero-order valence-electron chi connectivity index (χ0n) is 18.9. The predicted octanol–water partition coefficient (Wildman–Crippen LogP) is 6.36. The van der Waals surface area contributed by atoms with Gasteiger partial charge in [-0.1, -0.05) is 29.3 Å². The summed E-state index contributed by atoms with van der Waals surface area (Å²) in [6.07, 6.45) is 6.68. The number of rotatable bonds is 6. The summed E-state index contributed by atoms with van der Waals surface area (Å²) in [4.78, 5) is 9.33. The Labute approximate surface area is 208 Å². The van der Waals surface area contributed by atoms with Crippen molar-refractivity contribution in [3.63, 3.8) is 0 Å². The third kappa shape index (κ3) is 5.01. The van der Waals surface area contributed by atoms with E-state index in [0.29, 0.717) is 27.5 Å². The molecular weight excluding hydrogens is 469 g/mol. The van der Waals surface area contributed by atoms with Crippen LogP contribution in [0.3, 0.4) is 0 Å². The number of nitrogens with zero attached hydrogens (tertiary/aromatic N) is 4. The molecule has 0 spiro atoms. The lowest BCUT2D eigenvalue weighted by Gasteiger charge is -2.19. The smallest absolute Gasteiger partial charge is 0.229 e. The highest BCUT2D eigenvalue weighted by molar-refractivity contribution is 6.35. The van der Waals surface area contributed by atoms with E-state index in [1.165, 1.54) is 11.1 Å². The Hall–Kier alpha value is -3.13. The number of fused-ring (bicyclic) bond motifs is 1. The summed E-state index contributed by atoms with van der Waals surface area (Å²) in [5, 5.41) is 15.7. The Kier molecular flexibility index (Phi) is 6.41. The van der Waals surface area contributed by atoms with Crippen molar-refractivity contribution in [2.75, 3.05) is 17.2 Å². The molecule has 9 heteroatoms. The number of nitrogens with one attached hydrogen (secondary N) is 3. The summed E-state index contributed by atoms with van der Waals surface area (Å²) in [5.41, 5.74) is 6.15. The zero-order chi connectivity index (χ0) is 23.7. The van der Waals surface area contributed by atoms with E-state index < -0.39 is 0 Å². The lowest BCUT2D eigenvalue weighted by Crippen LogP contribution is -2.23. The average molecular weight is 494 g/mol.